The number of amides is 5. The van der Waals surface area contributed by atoms with E-state index in [4.69, 9.17) is 9.90 Å². The van der Waals surface area contributed by atoms with Gasteiger partial charge in [-0.1, -0.05) is 44.2 Å². The third kappa shape index (κ3) is 11.1. The minimum Gasteiger partial charge on any atom is -0.483 e. The Kier molecular flexibility index (Phi) is 14.4. The number of fused-ring (bicyclic) bond motifs is 1. The predicted octanol–water partition coefficient (Wildman–Crippen LogP) is 0.209. The van der Waals surface area contributed by atoms with Crippen LogP contribution < -0.4 is 26.8 Å². The van der Waals surface area contributed by atoms with E-state index in [2.05, 4.69) is 36.3 Å². The van der Waals surface area contributed by atoms with Crippen LogP contribution in [0.25, 0.3) is 11.4 Å². The van der Waals surface area contributed by atoms with E-state index >= 15 is 0 Å². The van der Waals surface area contributed by atoms with Gasteiger partial charge in [0.1, 0.15) is 30.0 Å². The first-order valence-electron chi connectivity index (χ1n) is 16.1. The van der Waals surface area contributed by atoms with Gasteiger partial charge in [-0.2, -0.15) is 5.10 Å². The average Bonchev–Trinajstić information content (AvgIpc) is 3.49. The maximum Gasteiger partial charge on any atom is 0.290 e. The largest absolute Gasteiger partial charge is 0.483 e. The highest BCUT2D eigenvalue weighted by Gasteiger charge is 2.29. The van der Waals surface area contributed by atoms with Crippen molar-refractivity contribution in [3.63, 3.8) is 0 Å². The van der Waals surface area contributed by atoms with E-state index in [1.165, 1.54) is 34.8 Å². The molecule has 3 heterocycles. The second kappa shape index (κ2) is 18.6. The second-order valence-corrected chi connectivity index (χ2v) is 12.0. The van der Waals surface area contributed by atoms with E-state index < -0.39 is 53.9 Å². The Hall–Kier alpha value is -5.87. The molecule has 0 aliphatic carbocycles. The zero-order chi connectivity index (χ0) is 36.8. The molecule has 1 aliphatic heterocycles. The molecule has 0 unspecified atom stereocenters. The number of pyridine rings is 1. The first-order valence-corrected chi connectivity index (χ1v) is 16.1. The van der Waals surface area contributed by atoms with Gasteiger partial charge in [-0.25, -0.2) is 9.67 Å². The van der Waals surface area contributed by atoms with Crippen molar-refractivity contribution in [1.29, 1.82) is 0 Å². The normalized spacial score (nSPS) is 19.5. The molecule has 0 fully saturated rings. The van der Waals surface area contributed by atoms with E-state index in [9.17, 15) is 28.8 Å². The zero-order valence-corrected chi connectivity index (χ0v) is 28.3. The third-order valence-corrected chi connectivity index (χ3v) is 7.48. The van der Waals surface area contributed by atoms with Gasteiger partial charge in [0.25, 0.3) is 17.9 Å². The summed E-state index contributed by atoms with van der Waals surface area (Å²) in [6.45, 7) is 6.28. The van der Waals surface area contributed by atoms with Crippen molar-refractivity contribution in [2.45, 2.75) is 65.2 Å². The van der Waals surface area contributed by atoms with Crippen molar-refractivity contribution in [1.82, 2.24) is 45.9 Å². The number of carbonyl (C=O) groups is 6. The summed E-state index contributed by atoms with van der Waals surface area (Å²) in [5, 5.41) is 22.5. The molecule has 3 atom stereocenters. The fraction of sp³-hybridized carbons (Fsp3) is 0.424. The van der Waals surface area contributed by atoms with E-state index in [1.54, 1.807) is 6.92 Å². The summed E-state index contributed by atoms with van der Waals surface area (Å²) in [5.41, 5.74) is -0.0429. The first-order chi connectivity index (χ1) is 23.8. The van der Waals surface area contributed by atoms with Crippen molar-refractivity contribution in [2.75, 3.05) is 19.6 Å². The minimum atomic E-state index is -1.04. The van der Waals surface area contributed by atoms with E-state index in [0.29, 0.717) is 18.1 Å². The molecule has 50 heavy (non-hydrogen) atoms. The summed E-state index contributed by atoms with van der Waals surface area (Å²) >= 11 is 0. The molecule has 4 rings (SSSR count). The van der Waals surface area contributed by atoms with Crippen molar-refractivity contribution < 1.29 is 33.9 Å². The minimum absolute atomic E-state index is 0.0279. The number of aromatic nitrogens is 4. The molecule has 268 valence electrons. The van der Waals surface area contributed by atoms with Gasteiger partial charge in [-0.15, -0.1) is 0 Å². The van der Waals surface area contributed by atoms with Crippen LogP contribution >= 0.6 is 0 Å². The molecule has 1 aliphatic rings. The molecule has 6 N–H and O–H groups in total. The maximum atomic E-state index is 13.5. The Balaban J connectivity index is 0.00000217. The monoisotopic (exact) mass is 693 g/mol. The Bertz CT molecular complexity index is 1710. The number of carboxylic acid groups (broad SMARTS) is 1. The molecule has 0 bridgehead atoms. The summed E-state index contributed by atoms with van der Waals surface area (Å²) < 4.78 is 1.43. The Morgan fingerprint density at radius 2 is 1.64 bits per heavy atom. The number of aromatic amines is 1. The average molecular weight is 694 g/mol. The van der Waals surface area contributed by atoms with E-state index in [1.807, 2.05) is 44.2 Å². The third-order valence-electron chi connectivity index (χ3n) is 7.48. The van der Waals surface area contributed by atoms with Crippen LogP contribution in [0.1, 0.15) is 62.8 Å². The standard InChI is InChI=1S/C32H41N9O6.CH2O2/c1-19(2)16-24-31(46)36-20(3)28-38-27(22-10-6-5-7-11-22)39-41(28)18-25(42)33-14-9-15-40(17-26(43)35-21(4)29(44)37-24)32(47)23-12-8-13-34-30(23)45;2-1-3/h5-8,10-13,19-21,24H,9,14-18H2,1-4H3,(H,33,42)(H,34,45)(H,35,43)(H,36,46)(H,37,44);1H,(H,2,3)/t20-,21+,24+;/m0./s1. The zero-order valence-electron chi connectivity index (χ0n) is 28.3. The smallest absolute Gasteiger partial charge is 0.290 e. The van der Waals surface area contributed by atoms with Gasteiger partial charge in [0.15, 0.2) is 5.82 Å². The molecule has 1 aromatic carbocycles. The molecule has 0 spiro atoms. The number of benzene rings is 1. The lowest BCUT2D eigenvalue weighted by atomic mass is 10.0. The highest BCUT2D eigenvalue weighted by molar-refractivity contribution is 5.97. The van der Waals surface area contributed by atoms with Gasteiger partial charge in [0, 0.05) is 24.8 Å². The van der Waals surface area contributed by atoms with Crippen LogP contribution in [0.2, 0.25) is 0 Å². The van der Waals surface area contributed by atoms with Gasteiger partial charge in [-0.3, -0.25) is 33.6 Å². The van der Waals surface area contributed by atoms with Crippen molar-refractivity contribution in [2.24, 2.45) is 5.92 Å². The number of H-pyrrole nitrogens is 1. The van der Waals surface area contributed by atoms with Crippen molar-refractivity contribution in [3.8, 4) is 11.4 Å². The lowest BCUT2D eigenvalue weighted by Gasteiger charge is -2.25. The van der Waals surface area contributed by atoms with Gasteiger partial charge in [0.2, 0.25) is 23.6 Å². The Labute approximate surface area is 288 Å². The Morgan fingerprint density at radius 3 is 2.30 bits per heavy atom. The van der Waals surface area contributed by atoms with Crippen LogP contribution in [-0.4, -0.2) is 97.5 Å². The molecule has 17 heteroatoms. The van der Waals surface area contributed by atoms with Crippen LogP contribution in [0, 0.1) is 5.92 Å². The fourth-order valence-corrected chi connectivity index (χ4v) is 5.11. The Morgan fingerprint density at radius 1 is 0.940 bits per heavy atom. The van der Waals surface area contributed by atoms with Crippen LogP contribution in [0.5, 0.6) is 0 Å². The molecule has 2 aromatic heterocycles. The number of hydrogen-bond acceptors (Lipinski definition) is 9. The van der Waals surface area contributed by atoms with Crippen LogP contribution in [0.15, 0.2) is 53.5 Å². The first kappa shape index (κ1) is 38.6. The van der Waals surface area contributed by atoms with Crippen molar-refractivity contribution in [3.05, 3.63) is 70.4 Å². The number of nitrogens with one attached hydrogen (secondary N) is 5. The molecule has 0 saturated carbocycles. The van der Waals surface area contributed by atoms with Gasteiger partial charge in [-0.05, 0) is 44.7 Å². The lowest BCUT2D eigenvalue weighted by Crippen LogP contribution is -2.54. The molecule has 3 aromatic rings. The predicted molar refractivity (Wildman–Crippen MR) is 180 cm³/mol. The van der Waals surface area contributed by atoms with Crippen molar-refractivity contribution >= 4 is 36.0 Å². The summed E-state index contributed by atoms with van der Waals surface area (Å²) in [6.07, 6.45) is 1.96. The number of hydrogen-bond donors (Lipinski definition) is 6. The number of carbonyl (C=O) groups excluding carboxylic acids is 5. The number of nitrogens with zero attached hydrogens (tertiary/aromatic N) is 4. The molecule has 0 saturated heterocycles. The highest BCUT2D eigenvalue weighted by atomic mass is 16.3. The van der Waals surface area contributed by atoms with Gasteiger partial charge in [0.05, 0.1) is 12.6 Å². The molecule has 0 radical (unpaired) electrons. The summed E-state index contributed by atoms with van der Waals surface area (Å²) in [5.74, 6) is -2.03. The van der Waals surface area contributed by atoms with Crippen LogP contribution in [0.3, 0.4) is 0 Å². The number of rotatable bonds is 4. The van der Waals surface area contributed by atoms with Gasteiger partial charge < -0.3 is 36.3 Å². The second-order valence-electron chi connectivity index (χ2n) is 12.0. The van der Waals surface area contributed by atoms with Crippen LogP contribution in [0.4, 0.5) is 0 Å². The summed E-state index contributed by atoms with van der Waals surface area (Å²) in [7, 11) is 0. The van der Waals surface area contributed by atoms with E-state index in [0.717, 1.165) is 5.56 Å². The molecule has 17 nitrogen and oxygen atoms in total. The highest BCUT2D eigenvalue weighted by Crippen LogP contribution is 2.19. The van der Waals surface area contributed by atoms with Crippen LogP contribution in [-0.2, 0) is 30.5 Å². The fourth-order valence-electron chi connectivity index (χ4n) is 5.11. The molecular formula is C33H43N9O8. The SMILES string of the molecule is CC(C)C[C@H]1NC(=O)[C@@H](C)NC(=O)CN(C(=O)c2ccc[nH]c2=O)CCCNC(=O)Cn2nc(-c3ccccc3)nc2[C@H](C)NC1=O.O=CO. The molecular weight excluding hydrogens is 650 g/mol. The summed E-state index contributed by atoms with van der Waals surface area (Å²) in [6, 6.07) is 9.39. The topological polar surface area (TPSA) is 238 Å². The quantitative estimate of drug-likeness (QED) is 0.203. The van der Waals surface area contributed by atoms with E-state index in [-0.39, 0.29) is 49.9 Å². The van der Waals surface area contributed by atoms with Gasteiger partial charge >= 0.3 is 0 Å². The summed E-state index contributed by atoms with van der Waals surface area (Å²) in [4.78, 5) is 95.1. The maximum absolute atomic E-state index is 13.5. The molecule has 5 amide bonds. The lowest BCUT2D eigenvalue weighted by molar-refractivity contribution is -0.132.